The first-order chi connectivity index (χ1) is 19.5. The van der Waals surface area contributed by atoms with E-state index in [1.165, 1.54) is 41.3 Å². The third-order valence-electron chi connectivity index (χ3n) is 6.75. The molecule has 1 aliphatic carbocycles. The lowest BCUT2D eigenvalue weighted by atomic mass is 9.96. The van der Waals surface area contributed by atoms with Crippen LogP contribution in [0.1, 0.15) is 48.2 Å². The summed E-state index contributed by atoms with van der Waals surface area (Å²) >= 11 is 25.0. The van der Waals surface area contributed by atoms with Crippen molar-refractivity contribution in [2.45, 2.75) is 37.9 Å². The number of nitrogens with zero attached hydrogens (tertiary/aromatic N) is 1. The van der Waals surface area contributed by atoms with Crippen molar-refractivity contribution in [3.63, 3.8) is 0 Å². The number of benzene rings is 3. The Morgan fingerprint density at radius 3 is 2.26 bits per heavy atom. The van der Waals surface area contributed by atoms with E-state index in [-0.39, 0.29) is 33.3 Å². The molecule has 0 aromatic heterocycles. The average Bonchev–Trinajstić information content (AvgIpc) is 3.47. The third-order valence-corrected chi connectivity index (χ3v) is 8.31. The number of halogens is 5. The Bertz CT molecular complexity index is 1570. The van der Waals surface area contributed by atoms with Gasteiger partial charge < -0.3 is 15.7 Å². The van der Waals surface area contributed by atoms with Gasteiger partial charge in [0.2, 0.25) is 5.91 Å². The number of alkyl halides is 2. The predicted molar refractivity (Wildman–Crippen MR) is 166 cm³/mol. The molecule has 3 N–H and O–H groups in total. The fourth-order valence-corrected chi connectivity index (χ4v) is 5.88. The standard InChI is InChI=1S/C30H28Cl4FN3O4/c1-15-11-18(38(28(41)42)14-29(2,3)4)7-10-23(15)37-26(39)19-13-17(6-8-20(19)31)36-27(40)25-24(30(25,33)34)16-5-9-22(35)21(32)12-16/h5-13,24-25H,14H2,1-4H3,(H,36,40)(H,37,39)(H,41,42)/t24-,25+/m0/s1. The molecule has 3 amide bonds. The van der Waals surface area contributed by atoms with Crippen molar-refractivity contribution in [2.75, 3.05) is 22.1 Å². The molecule has 0 bridgehead atoms. The lowest BCUT2D eigenvalue weighted by Gasteiger charge is -2.28. The number of carboxylic acid groups (broad SMARTS) is 1. The van der Waals surface area contributed by atoms with Crippen LogP contribution in [0.3, 0.4) is 0 Å². The number of hydrogen-bond donors (Lipinski definition) is 3. The molecule has 12 heteroatoms. The van der Waals surface area contributed by atoms with Gasteiger partial charge in [0, 0.05) is 29.5 Å². The topological polar surface area (TPSA) is 98.7 Å². The third kappa shape index (κ3) is 6.94. The van der Waals surface area contributed by atoms with Crippen molar-refractivity contribution in [3.8, 4) is 0 Å². The molecule has 222 valence electrons. The molecule has 0 radical (unpaired) electrons. The lowest BCUT2D eigenvalue weighted by molar-refractivity contribution is -0.117. The number of aryl methyl sites for hydroxylation is 1. The van der Waals surface area contributed by atoms with Crippen molar-refractivity contribution in [1.29, 1.82) is 0 Å². The van der Waals surface area contributed by atoms with E-state index < -0.39 is 39.9 Å². The molecule has 0 unspecified atom stereocenters. The van der Waals surface area contributed by atoms with Crippen molar-refractivity contribution >= 4 is 81.4 Å². The van der Waals surface area contributed by atoms with Crippen molar-refractivity contribution in [3.05, 3.63) is 87.2 Å². The van der Waals surface area contributed by atoms with Crippen LogP contribution in [-0.2, 0) is 4.79 Å². The van der Waals surface area contributed by atoms with Gasteiger partial charge in [-0.3, -0.25) is 14.5 Å². The zero-order valence-corrected chi connectivity index (χ0v) is 26.1. The van der Waals surface area contributed by atoms with E-state index in [4.69, 9.17) is 46.4 Å². The summed E-state index contributed by atoms with van der Waals surface area (Å²) in [4.78, 5) is 39.4. The van der Waals surface area contributed by atoms with Crippen LogP contribution in [0, 0.1) is 24.1 Å². The average molecular weight is 655 g/mol. The monoisotopic (exact) mass is 653 g/mol. The van der Waals surface area contributed by atoms with Crippen LogP contribution in [0.25, 0.3) is 0 Å². The minimum Gasteiger partial charge on any atom is -0.465 e. The molecule has 3 aromatic rings. The van der Waals surface area contributed by atoms with Gasteiger partial charge in [0.25, 0.3) is 5.91 Å². The first-order valence-electron chi connectivity index (χ1n) is 12.9. The Labute approximate surface area is 262 Å². The maximum absolute atomic E-state index is 13.6. The zero-order chi connectivity index (χ0) is 31.1. The predicted octanol–water partition coefficient (Wildman–Crippen LogP) is 8.75. The number of hydrogen-bond acceptors (Lipinski definition) is 3. The van der Waals surface area contributed by atoms with Gasteiger partial charge in [0.1, 0.15) is 10.2 Å². The Morgan fingerprint density at radius 2 is 1.67 bits per heavy atom. The highest BCUT2D eigenvalue weighted by atomic mass is 35.5. The molecular formula is C30H28Cl4FN3O4. The van der Waals surface area contributed by atoms with Crippen LogP contribution < -0.4 is 15.5 Å². The Morgan fingerprint density at radius 1 is 0.976 bits per heavy atom. The van der Waals surface area contributed by atoms with E-state index in [1.807, 2.05) is 20.8 Å². The van der Waals surface area contributed by atoms with Gasteiger partial charge in [0.15, 0.2) is 0 Å². The fraction of sp³-hybridized carbons (Fsp3) is 0.300. The molecular weight excluding hydrogens is 627 g/mol. The molecule has 0 spiro atoms. The van der Waals surface area contributed by atoms with Crippen LogP contribution in [0.5, 0.6) is 0 Å². The highest BCUT2D eigenvalue weighted by Crippen LogP contribution is 2.65. The molecule has 2 atom stereocenters. The van der Waals surface area contributed by atoms with E-state index in [2.05, 4.69) is 10.6 Å². The minimum atomic E-state index is -1.43. The molecule has 0 heterocycles. The van der Waals surface area contributed by atoms with Gasteiger partial charge in [-0.05, 0) is 72.0 Å². The maximum atomic E-state index is 13.6. The fourth-order valence-electron chi connectivity index (χ4n) is 4.66. The molecule has 1 fully saturated rings. The van der Waals surface area contributed by atoms with E-state index in [1.54, 1.807) is 25.1 Å². The van der Waals surface area contributed by atoms with Crippen LogP contribution in [-0.4, -0.2) is 33.9 Å². The molecule has 0 aliphatic heterocycles. The molecule has 7 nitrogen and oxygen atoms in total. The zero-order valence-electron chi connectivity index (χ0n) is 23.1. The Hall–Kier alpha value is -3.04. The Kier molecular flexibility index (Phi) is 9.05. The van der Waals surface area contributed by atoms with Gasteiger partial charge in [-0.2, -0.15) is 0 Å². The normalized spacial score (nSPS) is 17.4. The first kappa shape index (κ1) is 31.9. The van der Waals surface area contributed by atoms with Crippen molar-refractivity contribution in [2.24, 2.45) is 11.3 Å². The van der Waals surface area contributed by atoms with Crippen molar-refractivity contribution in [1.82, 2.24) is 0 Å². The van der Waals surface area contributed by atoms with E-state index in [0.717, 1.165) is 0 Å². The summed E-state index contributed by atoms with van der Waals surface area (Å²) in [7, 11) is 0. The number of nitrogens with one attached hydrogen (secondary N) is 2. The van der Waals surface area contributed by atoms with Crippen LogP contribution in [0.15, 0.2) is 54.6 Å². The molecule has 1 saturated carbocycles. The number of carbonyl (C=O) groups is 3. The maximum Gasteiger partial charge on any atom is 0.411 e. The van der Waals surface area contributed by atoms with Crippen LogP contribution in [0.4, 0.5) is 26.2 Å². The van der Waals surface area contributed by atoms with Gasteiger partial charge >= 0.3 is 6.09 Å². The highest BCUT2D eigenvalue weighted by molar-refractivity contribution is 6.53. The van der Waals surface area contributed by atoms with E-state index in [9.17, 15) is 23.9 Å². The summed E-state index contributed by atoms with van der Waals surface area (Å²) in [6.07, 6.45) is -1.08. The quantitative estimate of drug-likeness (QED) is 0.222. The number of anilines is 3. The minimum absolute atomic E-state index is 0.0958. The second-order valence-electron chi connectivity index (χ2n) is 11.4. The van der Waals surface area contributed by atoms with Gasteiger partial charge in [0.05, 0.1) is 21.5 Å². The summed E-state index contributed by atoms with van der Waals surface area (Å²) in [5.41, 5.74) is 2.22. The summed E-state index contributed by atoms with van der Waals surface area (Å²) in [6, 6.07) is 13.4. The first-order valence-corrected chi connectivity index (χ1v) is 14.4. The Balaban J connectivity index is 1.49. The molecule has 4 rings (SSSR count). The number of carbonyl (C=O) groups excluding carboxylic acids is 2. The van der Waals surface area contributed by atoms with E-state index in [0.29, 0.717) is 22.5 Å². The van der Waals surface area contributed by atoms with Gasteiger partial charge in [-0.1, -0.05) is 50.0 Å². The lowest BCUT2D eigenvalue weighted by Crippen LogP contribution is -2.36. The summed E-state index contributed by atoms with van der Waals surface area (Å²) in [5.74, 6) is -3.09. The molecule has 3 aromatic carbocycles. The van der Waals surface area contributed by atoms with Gasteiger partial charge in [-0.15, -0.1) is 23.2 Å². The molecule has 0 saturated heterocycles. The summed E-state index contributed by atoms with van der Waals surface area (Å²) in [5, 5.41) is 15.3. The molecule has 1 aliphatic rings. The number of rotatable bonds is 7. The SMILES string of the molecule is Cc1cc(N(CC(C)(C)C)C(=O)O)ccc1NC(=O)c1cc(NC(=O)[C@H]2[C@H](c3ccc(F)c(Cl)c3)C2(Cl)Cl)ccc1Cl. The van der Waals surface area contributed by atoms with Crippen molar-refractivity contribution < 1.29 is 23.9 Å². The van der Waals surface area contributed by atoms with E-state index >= 15 is 0 Å². The largest absolute Gasteiger partial charge is 0.465 e. The second kappa shape index (κ2) is 11.9. The molecule has 42 heavy (non-hydrogen) atoms. The summed E-state index contributed by atoms with van der Waals surface area (Å²) in [6.45, 7) is 7.86. The smallest absolute Gasteiger partial charge is 0.411 e. The second-order valence-corrected chi connectivity index (χ2v) is 13.6. The highest BCUT2D eigenvalue weighted by Gasteiger charge is 2.67. The van der Waals surface area contributed by atoms with Crippen LogP contribution >= 0.6 is 46.4 Å². The van der Waals surface area contributed by atoms with Gasteiger partial charge in [-0.25, -0.2) is 9.18 Å². The van der Waals surface area contributed by atoms with Crippen LogP contribution in [0.2, 0.25) is 10.0 Å². The number of amides is 3. The summed E-state index contributed by atoms with van der Waals surface area (Å²) < 4.78 is 12.2.